The van der Waals surface area contributed by atoms with Gasteiger partial charge in [0.05, 0.1) is 10.6 Å². The molecule has 1 atom stereocenters. The van der Waals surface area contributed by atoms with Crippen LogP contribution in [0.3, 0.4) is 0 Å². The fourth-order valence-corrected chi connectivity index (χ4v) is 5.06. The first-order valence-corrected chi connectivity index (χ1v) is 13.0. The van der Waals surface area contributed by atoms with E-state index in [1.807, 2.05) is 49.4 Å². The summed E-state index contributed by atoms with van der Waals surface area (Å²) in [6, 6.07) is 23.8. The summed E-state index contributed by atoms with van der Waals surface area (Å²) in [5.74, 6) is 0.266. The maximum atomic E-state index is 12.8. The van der Waals surface area contributed by atoms with Crippen LogP contribution in [-0.2, 0) is 14.8 Å². The molecule has 0 saturated carbocycles. The molecule has 0 aliphatic rings. The number of carbonyl (C=O) groups excluding carboxylic acids is 1. The minimum Gasteiger partial charge on any atom is -0.481 e. The van der Waals surface area contributed by atoms with Crippen LogP contribution in [0.2, 0.25) is 10.0 Å². The van der Waals surface area contributed by atoms with E-state index in [0.29, 0.717) is 27.9 Å². The second kappa shape index (κ2) is 10.6. The molecule has 0 saturated heterocycles. The maximum absolute atomic E-state index is 12.8. The zero-order valence-corrected chi connectivity index (χ0v) is 21.0. The van der Waals surface area contributed by atoms with Crippen molar-refractivity contribution < 1.29 is 17.9 Å². The van der Waals surface area contributed by atoms with Crippen molar-refractivity contribution in [3.63, 3.8) is 0 Å². The van der Waals surface area contributed by atoms with Crippen LogP contribution in [-0.4, -0.2) is 20.4 Å². The number of carbonyl (C=O) groups is 1. The van der Waals surface area contributed by atoms with Gasteiger partial charge in [0, 0.05) is 15.7 Å². The molecule has 0 fully saturated rings. The highest BCUT2D eigenvalue weighted by Gasteiger charge is 2.20. The molecule has 180 valence electrons. The molecule has 0 aliphatic carbocycles. The van der Waals surface area contributed by atoms with E-state index in [1.165, 1.54) is 42.5 Å². The van der Waals surface area contributed by atoms with Crippen molar-refractivity contribution in [1.82, 2.24) is 0 Å². The fourth-order valence-electron chi connectivity index (χ4n) is 3.49. The normalized spacial score (nSPS) is 12.2. The van der Waals surface area contributed by atoms with E-state index < -0.39 is 16.1 Å². The maximum Gasteiger partial charge on any atom is 0.265 e. The Hall–Kier alpha value is -3.26. The molecule has 0 aromatic heterocycles. The highest BCUT2D eigenvalue weighted by atomic mass is 35.5. The van der Waals surface area contributed by atoms with E-state index >= 15 is 0 Å². The average Bonchev–Trinajstić information content (AvgIpc) is 2.81. The van der Waals surface area contributed by atoms with Crippen LogP contribution in [0.4, 0.5) is 11.4 Å². The van der Waals surface area contributed by atoms with Crippen LogP contribution in [0.1, 0.15) is 13.3 Å². The standard InChI is InChI=1S/C26H22Cl2N2O4S/c1-2-25(34-23-10-7-17-5-3-4-6-18(17)13-23)26(31)29-21-8-11-24(12-9-21)35(32,33)30-22-15-19(27)14-20(28)16-22/h3-16,25,30H,2H2,1H3,(H,29,31)/t25-/m0/s1. The van der Waals surface area contributed by atoms with Crippen molar-refractivity contribution in [2.75, 3.05) is 10.0 Å². The van der Waals surface area contributed by atoms with Crippen molar-refractivity contribution in [3.8, 4) is 5.75 Å². The third kappa shape index (κ3) is 6.25. The lowest BCUT2D eigenvalue weighted by Gasteiger charge is -2.18. The van der Waals surface area contributed by atoms with E-state index in [0.717, 1.165) is 10.8 Å². The predicted molar refractivity (Wildman–Crippen MR) is 141 cm³/mol. The van der Waals surface area contributed by atoms with Crippen LogP contribution in [0.15, 0.2) is 89.8 Å². The Bertz CT molecular complexity index is 1450. The van der Waals surface area contributed by atoms with Gasteiger partial charge in [-0.05, 0) is 71.8 Å². The Morgan fingerprint density at radius 3 is 2.17 bits per heavy atom. The third-order valence-corrected chi connectivity index (χ3v) is 7.04. The first-order valence-electron chi connectivity index (χ1n) is 10.8. The summed E-state index contributed by atoms with van der Waals surface area (Å²) in [5.41, 5.74) is 0.691. The van der Waals surface area contributed by atoms with Crippen molar-refractivity contribution >= 4 is 61.3 Å². The molecule has 6 nitrogen and oxygen atoms in total. The largest absolute Gasteiger partial charge is 0.481 e. The third-order valence-electron chi connectivity index (χ3n) is 5.21. The number of fused-ring (bicyclic) bond motifs is 1. The van der Waals surface area contributed by atoms with Gasteiger partial charge in [0.2, 0.25) is 0 Å². The number of benzene rings is 4. The van der Waals surface area contributed by atoms with Gasteiger partial charge in [-0.25, -0.2) is 8.42 Å². The van der Waals surface area contributed by atoms with Gasteiger partial charge in [0.15, 0.2) is 6.10 Å². The van der Waals surface area contributed by atoms with Gasteiger partial charge >= 0.3 is 0 Å². The molecule has 2 N–H and O–H groups in total. The first kappa shape index (κ1) is 24.9. The molecule has 4 aromatic rings. The SMILES string of the molecule is CC[C@H](Oc1ccc2ccccc2c1)C(=O)Nc1ccc(S(=O)(=O)Nc2cc(Cl)cc(Cl)c2)cc1. The van der Waals surface area contributed by atoms with E-state index in [1.54, 1.807) is 0 Å². The number of hydrogen-bond acceptors (Lipinski definition) is 4. The lowest BCUT2D eigenvalue weighted by molar-refractivity contribution is -0.122. The van der Waals surface area contributed by atoms with Gasteiger partial charge in [-0.15, -0.1) is 0 Å². The van der Waals surface area contributed by atoms with E-state index in [2.05, 4.69) is 10.0 Å². The zero-order valence-electron chi connectivity index (χ0n) is 18.7. The topological polar surface area (TPSA) is 84.5 Å². The smallest absolute Gasteiger partial charge is 0.265 e. The summed E-state index contributed by atoms with van der Waals surface area (Å²) < 4.78 is 33.8. The van der Waals surface area contributed by atoms with Crippen LogP contribution in [0.25, 0.3) is 10.8 Å². The van der Waals surface area contributed by atoms with Crippen molar-refractivity contribution in [3.05, 3.63) is 95.0 Å². The number of sulfonamides is 1. The Morgan fingerprint density at radius 2 is 1.51 bits per heavy atom. The summed E-state index contributed by atoms with van der Waals surface area (Å²) >= 11 is 11.9. The van der Waals surface area contributed by atoms with Crippen LogP contribution < -0.4 is 14.8 Å². The van der Waals surface area contributed by atoms with Crippen LogP contribution in [0, 0.1) is 0 Å². The van der Waals surface area contributed by atoms with Gasteiger partial charge in [-0.1, -0.05) is 60.5 Å². The van der Waals surface area contributed by atoms with Gasteiger partial charge in [-0.3, -0.25) is 9.52 Å². The molecular formula is C26H22Cl2N2O4S. The van der Waals surface area contributed by atoms with Gasteiger partial charge in [0.25, 0.3) is 15.9 Å². The van der Waals surface area contributed by atoms with Crippen LogP contribution in [0.5, 0.6) is 5.75 Å². The Kier molecular flexibility index (Phi) is 7.50. The number of amides is 1. The number of nitrogens with one attached hydrogen (secondary N) is 2. The average molecular weight is 529 g/mol. The number of hydrogen-bond donors (Lipinski definition) is 2. The summed E-state index contributed by atoms with van der Waals surface area (Å²) in [6.07, 6.45) is -0.258. The molecular weight excluding hydrogens is 507 g/mol. The first-order chi connectivity index (χ1) is 16.7. The number of anilines is 2. The van der Waals surface area contributed by atoms with E-state index in [9.17, 15) is 13.2 Å². The van der Waals surface area contributed by atoms with Crippen molar-refractivity contribution in [2.24, 2.45) is 0 Å². The molecule has 0 bridgehead atoms. The van der Waals surface area contributed by atoms with E-state index in [-0.39, 0.29) is 16.5 Å². The zero-order chi connectivity index (χ0) is 25.0. The Balaban J connectivity index is 1.43. The lowest BCUT2D eigenvalue weighted by Crippen LogP contribution is -2.32. The molecule has 0 radical (unpaired) electrons. The number of halogens is 2. The summed E-state index contributed by atoms with van der Waals surface area (Å²) in [4.78, 5) is 12.8. The number of ether oxygens (including phenoxy) is 1. The summed E-state index contributed by atoms with van der Waals surface area (Å²) in [6.45, 7) is 1.86. The summed E-state index contributed by atoms with van der Waals surface area (Å²) in [5, 5.41) is 5.50. The fraction of sp³-hybridized carbons (Fsp3) is 0.115. The Labute approximate surface area is 213 Å². The Morgan fingerprint density at radius 1 is 0.857 bits per heavy atom. The molecule has 0 heterocycles. The quantitative estimate of drug-likeness (QED) is 0.265. The highest BCUT2D eigenvalue weighted by molar-refractivity contribution is 7.92. The monoisotopic (exact) mass is 528 g/mol. The predicted octanol–water partition coefficient (Wildman–Crippen LogP) is 6.74. The molecule has 1 amide bonds. The molecule has 4 rings (SSSR count). The molecule has 0 aliphatic heterocycles. The molecule has 0 unspecified atom stereocenters. The number of rotatable bonds is 8. The van der Waals surface area contributed by atoms with Gasteiger partial charge in [0.1, 0.15) is 5.75 Å². The minimum atomic E-state index is -3.88. The lowest BCUT2D eigenvalue weighted by atomic mass is 10.1. The second-order valence-electron chi connectivity index (χ2n) is 7.80. The minimum absolute atomic E-state index is 0.0195. The highest BCUT2D eigenvalue weighted by Crippen LogP contribution is 2.26. The van der Waals surface area contributed by atoms with E-state index in [4.69, 9.17) is 27.9 Å². The molecule has 4 aromatic carbocycles. The molecule has 9 heteroatoms. The van der Waals surface area contributed by atoms with Gasteiger partial charge in [-0.2, -0.15) is 0 Å². The van der Waals surface area contributed by atoms with Crippen molar-refractivity contribution in [2.45, 2.75) is 24.3 Å². The van der Waals surface area contributed by atoms with Gasteiger partial charge < -0.3 is 10.1 Å². The summed E-state index contributed by atoms with van der Waals surface area (Å²) in [7, 11) is -3.88. The molecule has 0 spiro atoms. The van der Waals surface area contributed by atoms with Crippen LogP contribution >= 0.6 is 23.2 Å². The van der Waals surface area contributed by atoms with Crippen molar-refractivity contribution in [1.29, 1.82) is 0 Å². The second-order valence-corrected chi connectivity index (χ2v) is 10.4. The molecule has 35 heavy (non-hydrogen) atoms.